The zero-order valence-electron chi connectivity index (χ0n) is 17.2. The molecule has 4 heteroatoms. The predicted molar refractivity (Wildman–Crippen MR) is 105 cm³/mol. The fraction of sp³-hybridized carbons (Fsp3) is 0.667. The second kappa shape index (κ2) is 5.61. The van der Waals surface area contributed by atoms with Crippen LogP contribution in [0.25, 0.3) is 0 Å². The molecule has 0 radical (unpaired) electrons. The lowest BCUT2D eigenvalue weighted by molar-refractivity contribution is -0.169. The van der Waals surface area contributed by atoms with Crippen LogP contribution in [-0.4, -0.2) is 18.0 Å². The predicted octanol–water partition coefficient (Wildman–Crippen LogP) is 4.78. The molecular formula is C24H30O4. The molecule has 28 heavy (non-hydrogen) atoms. The summed E-state index contributed by atoms with van der Waals surface area (Å²) in [6, 6.07) is 8.41. The maximum atomic E-state index is 13.2. The summed E-state index contributed by atoms with van der Waals surface area (Å²) in [7, 11) is 0. The van der Waals surface area contributed by atoms with Crippen molar-refractivity contribution in [3.8, 4) is 0 Å². The van der Waals surface area contributed by atoms with E-state index in [9.17, 15) is 9.59 Å². The monoisotopic (exact) mass is 382 g/mol. The molecule has 2 aliphatic carbocycles. The van der Waals surface area contributed by atoms with E-state index in [4.69, 9.17) is 9.47 Å². The van der Waals surface area contributed by atoms with Crippen molar-refractivity contribution >= 4 is 11.9 Å². The van der Waals surface area contributed by atoms with Gasteiger partial charge >= 0.3 is 11.9 Å². The number of rotatable bonds is 1. The summed E-state index contributed by atoms with van der Waals surface area (Å²) < 4.78 is 12.4. The molecule has 2 saturated carbocycles. The fourth-order valence-corrected chi connectivity index (χ4v) is 6.44. The Labute approximate surface area is 167 Å². The van der Waals surface area contributed by atoms with Crippen molar-refractivity contribution in [3.63, 3.8) is 0 Å². The number of hydrogen-bond donors (Lipinski definition) is 0. The summed E-state index contributed by atoms with van der Waals surface area (Å²) in [5, 5.41) is 0. The molecule has 4 nitrogen and oxygen atoms in total. The summed E-state index contributed by atoms with van der Waals surface area (Å²) in [5.41, 5.74) is -0.113. The quantitative estimate of drug-likeness (QED) is 0.656. The third-order valence-corrected chi connectivity index (χ3v) is 7.99. The van der Waals surface area contributed by atoms with Gasteiger partial charge in [-0.15, -0.1) is 0 Å². The molecule has 0 amide bonds. The van der Waals surface area contributed by atoms with Crippen molar-refractivity contribution in [1.29, 1.82) is 0 Å². The Morgan fingerprint density at radius 2 is 1.43 bits per heavy atom. The normalized spacial score (nSPS) is 32.8. The van der Waals surface area contributed by atoms with Crippen molar-refractivity contribution in [3.05, 3.63) is 35.4 Å². The Bertz CT molecular complexity index is 817. The van der Waals surface area contributed by atoms with Gasteiger partial charge in [0.15, 0.2) is 11.7 Å². The largest absolute Gasteiger partial charge is 0.456 e. The molecule has 2 unspecified atom stereocenters. The second-order valence-corrected chi connectivity index (χ2v) is 10.4. The summed E-state index contributed by atoms with van der Waals surface area (Å²) >= 11 is 0. The Morgan fingerprint density at radius 3 is 2.00 bits per heavy atom. The number of carbonyl (C=O) groups excluding carboxylic acids is 2. The van der Waals surface area contributed by atoms with Crippen molar-refractivity contribution in [1.82, 2.24) is 0 Å². The van der Waals surface area contributed by atoms with Gasteiger partial charge in [-0.2, -0.15) is 0 Å². The number of benzene rings is 1. The molecule has 2 atom stereocenters. The van der Waals surface area contributed by atoms with Crippen LogP contribution in [0.1, 0.15) is 83.3 Å². The highest BCUT2D eigenvalue weighted by Gasteiger charge is 2.81. The van der Waals surface area contributed by atoms with E-state index in [2.05, 4.69) is 45.0 Å². The Balaban J connectivity index is 1.70. The van der Waals surface area contributed by atoms with Gasteiger partial charge in [-0.1, -0.05) is 70.7 Å². The van der Waals surface area contributed by atoms with Gasteiger partial charge in [0.1, 0.15) is 10.8 Å². The number of ether oxygens (including phenoxy) is 2. The minimum absolute atomic E-state index is 0.0433. The number of fused-ring (bicyclic) bond motifs is 3. The van der Waals surface area contributed by atoms with E-state index in [-0.39, 0.29) is 17.4 Å². The summed E-state index contributed by atoms with van der Waals surface area (Å²) in [4.78, 5) is 26.5. The molecular weight excluding hydrogens is 352 g/mol. The van der Waals surface area contributed by atoms with Crippen LogP contribution in [0.3, 0.4) is 0 Å². The van der Waals surface area contributed by atoms with E-state index in [1.54, 1.807) is 0 Å². The SMILES string of the molecule is CC(C)(C)c1ccc(C23OC(=O)C4(CCCC4)C2OC(=O)C32CCCC2)cc1. The van der Waals surface area contributed by atoms with Gasteiger partial charge in [0.2, 0.25) is 0 Å². The molecule has 0 bridgehead atoms. The van der Waals surface area contributed by atoms with Crippen molar-refractivity contribution in [2.75, 3.05) is 0 Å². The summed E-state index contributed by atoms with van der Waals surface area (Å²) in [6.07, 6.45) is 6.48. The van der Waals surface area contributed by atoms with Crippen LogP contribution in [0, 0.1) is 10.8 Å². The number of hydrogen-bond acceptors (Lipinski definition) is 4. The number of esters is 2. The minimum Gasteiger partial charge on any atom is -0.456 e. The fourth-order valence-electron chi connectivity index (χ4n) is 6.44. The first-order chi connectivity index (χ1) is 13.3. The van der Waals surface area contributed by atoms with Gasteiger partial charge in [0.25, 0.3) is 0 Å². The molecule has 150 valence electrons. The highest BCUT2D eigenvalue weighted by molar-refractivity contribution is 5.90. The van der Waals surface area contributed by atoms with Crippen molar-refractivity contribution in [2.24, 2.45) is 10.8 Å². The summed E-state index contributed by atoms with van der Waals surface area (Å²) in [5.74, 6) is -0.289. The molecule has 4 aliphatic rings. The minimum atomic E-state index is -0.960. The standard InChI is InChI=1S/C24H30O4/c1-21(2,3)16-8-10-17(11-9-16)24-18(22(19(25)28-24)12-4-5-13-22)27-20(26)23(24)14-6-7-15-23/h8-11,18H,4-7,12-15H2,1-3H3. The van der Waals surface area contributed by atoms with Gasteiger partial charge in [0, 0.05) is 5.56 Å². The van der Waals surface area contributed by atoms with E-state index in [1.165, 1.54) is 5.56 Å². The molecule has 4 fully saturated rings. The first-order valence-electron chi connectivity index (χ1n) is 10.8. The average molecular weight is 383 g/mol. The first-order valence-corrected chi connectivity index (χ1v) is 10.8. The maximum Gasteiger partial charge on any atom is 0.317 e. The lowest BCUT2D eigenvalue weighted by Gasteiger charge is -2.39. The van der Waals surface area contributed by atoms with Gasteiger partial charge in [-0.3, -0.25) is 9.59 Å². The smallest absolute Gasteiger partial charge is 0.317 e. The second-order valence-electron chi connectivity index (χ2n) is 10.4. The summed E-state index contributed by atoms with van der Waals surface area (Å²) in [6.45, 7) is 6.56. The molecule has 0 N–H and O–H groups in total. The van der Waals surface area contributed by atoms with E-state index in [0.717, 1.165) is 56.9 Å². The lowest BCUT2D eigenvalue weighted by Crippen LogP contribution is -2.49. The van der Waals surface area contributed by atoms with Gasteiger partial charge in [-0.25, -0.2) is 0 Å². The average Bonchev–Trinajstić information content (AvgIpc) is 3.41. The molecule has 5 rings (SSSR count). The van der Waals surface area contributed by atoms with E-state index in [1.807, 2.05) is 0 Å². The Kier molecular flexibility index (Phi) is 3.65. The van der Waals surface area contributed by atoms with Crippen molar-refractivity contribution < 1.29 is 19.1 Å². The maximum absolute atomic E-state index is 13.2. The Hall–Kier alpha value is -1.84. The van der Waals surface area contributed by atoms with E-state index in [0.29, 0.717) is 0 Å². The zero-order chi connectivity index (χ0) is 19.8. The van der Waals surface area contributed by atoms with Crippen LogP contribution in [0.15, 0.2) is 24.3 Å². The van der Waals surface area contributed by atoms with E-state index >= 15 is 0 Å². The van der Waals surface area contributed by atoms with Crippen LogP contribution in [0.4, 0.5) is 0 Å². The highest BCUT2D eigenvalue weighted by Crippen LogP contribution is 2.69. The molecule has 2 spiro atoms. The third-order valence-electron chi connectivity index (χ3n) is 7.99. The van der Waals surface area contributed by atoms with Crippen LogP contribution < -0.4 is 0 Å². The molecule has 1 aromatic rings. The van der Waals surface area contributed by atoms with E-state index < -0.39 is 22.5 Å². The third kappa shape index (κ3) is 2.02. The van der Waals surface area contributed by atoms with Gasteiger partial charge in [-0.05, 0) is 36.7 Å². The lowest BCUT2D eigenvalue weighted by atomic mass is 9.62. The first kappa shape index (κ1) is 18.2. The van der Waals surface area contributed by atoms with Gasteiger partial charge in [0.05, 0.1) is 0 Å². The molecule has 2 saturated heterocycles. The molecule has 2 heterocycles. The highest BCUT2D eigenvalue weighted by atomic mass is 16.6. The topological polar surface area (TPSA) is 52.6 Å². The van der Waals surface area contributed by atoms with Gasteiger partial charge < -0.3 is 9.47 Å². The number of carbonyl (C=O) groups is 2. The van der Waals surface area contributed by atoms with Crippen LogP contribution >= 0.6 is 0 Å². The Morgan fingerprint density at radius 1 is 0.857 bits per heavy atom. The van der Waals surface area contributed by atoms with Crippen LogP contribution in [-0.2, 0) is 30.1 Å². The van der Waals surface area contributed by atoms with Crippen LogP contribution in [0.2, 0.25) is 0 Å². The molecule has 0 aromatic heterocycles. The molecule has 1 aromatic carbocycles. The zero-order valence-corrected chi connectivity index (χ0v) is 17.2. The van der Waals surface area contributed by atoms with Crippen LogP contribution in [0.5, 0.6) is 0 Å². The molecule has 2 aliphatic heterocycles. The van der Waals surface area contributed by atoms with Crippen molar-refractivity contribution in [2.45, 2.75) is 89.3 Å².